The van der Waals surface area contributed by atoms with E-state index in [0.717, 1.165) is 69.4 Å². The van der Waals surface area contributed by atoms with E-state index in [2.05, 4.69) is 44.3 Å². The molecule has 0 bridgehead atoms. The van der Waals surface area contributed by atoms with Crippen LogP contribution in [0.3, 0.4) is 0 Å². The van der Waals surface area contributed by atoms with E-state index in [9.17, 15) is 9.90 Å². The molecule has 0 spiro atoms. The van der Waals surface area contributed by atoms with Crippen LogP contribution in [0.2, 0.25) is 0 Å². The van der Waals surface area contributed by atoms with Crippen molar-refractivity contribution in [1.82, 2.24) is 24.4 Å². The van der Waals surface area contributed by atoms with Gasteiger partial charge in [-0.15, -0.1) is 0 Å². The molecule has 0 aliphatic heterocycles. The molecule has 1 saturated carbocycles. The lowest BCUT2D eigenvalue weighted by atomic mass is 10.2. The Morgan fingerprint density at radius 1 is 1.11 bits per heavy atom. The average molecular weight is 480 g/mol. The molecule has 0 saturated heterocycles. The summed E-state index contributed by atoms with van der Waals surface area (Å²) in [6.45, 7) is 8.37. The summed E-state index contributed by atoms with van der Waals surface area (Å²) >= 11 is 0. The lowest BCUT2D eigenvalue weighted by Gasteiger charge is -2.18. The van der Waals surface area contributed by atoms with Crippen LogP contribution in [-0.2, 0) is 6.61 Å². The average Bonchev–Trinajstić information content (AvgIpc) is 3.41. The number of unbranched alkanes of at least 4 members (excludes halogenated alkanes) is 1. The van der Waals surface area contributed by atoms with Crippen LogP contribution in [0.4, 0.5) is 17.5 Å². The summed E-state index contributed by atoms with van der Waals surface area (Å²) in [7, 11) is 0. The fourth-order valence-electron chi connectivity index (χ4n) is 4.77. The maximum absolute atomic E-state index is 13.0. The summed E-state index contributed by atoms with van der Waals surface area (Å²) in [5, 5.41) is 17.0. The van der Waals surface area contributed by atoms with Crippen LogP contribution in [0, 0.1) is 0 Å². The van der Waals surface area contributed by atoms with Gasteiger partial charge in [-0.3, -0.25) is 9.36 Å². The summed E-state index contributed by atoms with van der Waals surface area (Å²) in [4.78, 5) is 29.0. The van der Waals surface area contributed by atoms with Crippen LogP contribution >= 0.6 is 0 Å². The highest BCUT2D eigenvalue weighted by Gasteiger charge is 2.22. The van der Waals surface area contributed by atoms with Crippen molar-refractivity contribution in [3.05, 3.63) is 46.5 Å². The molecule has 3 heterocycles. The zero-order valence-corrected chi connectivity index (χ0v) is 20.8. The van der Waals surface area contributed by atoms with Crippen molar-refractivity contribution in [2.75, 3.05) is 36.8 Å². The third-order valence-electron chi connectivity index (χ3n) is 6.84. The molecule has 0 atom stereocenters. The van der Waals surface area contributed by atoms with Gasteiger partial charge in [0.15, 0.2) is 0 Å². The molecule has 3 N–H and O–H groups in total. The number of hydrogen-bond donors (Lipinski definition) is 3. The van der Waals surface area contributed by atoms with E-state index in [-0.39, 0.29) is 18.2 Å². The highest BCUT2D eigenvalue weighted by atomic mass is 16.3. The lowest BCUT2D eigenvalue weighted by Crippen LogP contribution is -2.27. The minimum atomic E-state index is -0.290. The quantitative estimate of drug-likeness (QED) is 0.334. The maximum atomic E-state index is 13.0. The molecule has 0 radical (unpaired) electrons. The number of rotatable bonds is 12. The SMILES string of the molecule is CCN(CC)CCCCNc1ccc(Nc2ncc3cc(CO)c(=O)n(C4CCCC4)c3n2)nc1. The number of aliphatic hydroxyl groups excluding tert-OH is 1. The van der Waals surface area contributed by atoms with Crippen molar-refractivity contribution in [1.29, 1.82) is 0 Å². The molecule has 9 nitrogen and oxygen atoms in total. The second-order valence-electron chi connectivity index (χ2n) is 9.13. The molecule has 3 aromatic rings. The second kappa shape index (κ2) is 12.1. The van der Waals surface area contributed by atoms with E-state index in [1.807, 2.05) is 12.1 Å². The van der Waals surface area contributed by atoms with Gasteiger partial charge in [0.05, 0.1) is 18.5 Å². The maximum Gasteiger partial charge on any atom is 0.258 e. The topological polar surface area (TPSA) is 108 Å². The molecule has 4 rings (SSSR count). The standard InChI is InChI=1S/C26H37N7O2/c1-3-32(4-2)14-8-7-13-27-21-11-12-23(28-17-21)30-26-29-16-19-15-20(18-34)25(35)33(24(19)31-26)22-9-5-6-10-22/h11-12,15-17,22,27,34H,3-10,13-14,18H2,1-2H3,(H,28,29,30,31). The number of hydrogen-bond acceptors (Lipinski definition) is 8. The first-order chi connectivity index (χ1) is 17.1. The Hall–Kier alpha value is -3.04. The third kappa shape index (κ3) is 6.15. The molecule has 0 amide bonds. The molecular weight excluding hydrogens is 442 g/mol. The highest BCUT2D eigenvalue weighted by Crippen LogP contribution is 2.31. The van der Waals surface area contributed by atoms with Crippen molar-refractivity contribution < 1.29 is 5.11 Å². The zero-order chi connectivity index (χ0) is 24.6. The highest BCUT2D eigenvalue weighted by molar-refractivity contribution is 5.76. The van der Waals surface area contributed by atoms with E-state index >= 15 is 0 Å². The van der Waals surface area contributed by atoms with Gasteiger partial charge in [0, 0.05) is 29.7 Å². The molecular formula is C26H37N7O2. The number of nitrogens with zero attached hydrogens (tertiary/aromatic N) is 5. The van der Waals surface area contributed by atoms with Gasteiger partial charge < -0.3 is 20.6 Å². The molecule has 1 aliphatic rings. The molecule has 188 valence electrons. The molecule has 9 heteroatoms. The summed E-state index contributed by atoms with van der Waals surface area (Å²) in [5.74, 6) is 1.03. The van der Waals surface area contributed by atoms with Crippen LogP contribution in [0.5, 0.6) is 0 Å². The number of fused-ring (bicyclic) bond motifs is 1. The van der Waals surface area contributed by atoms with Crippen molar-refractivity contribution >= 4 is 28.5 Å². The Morgan fingerprint density at radius 2 is 1.91 bits per heavy atom. The van der Waals surface area contributed by atoms with Crippen molar-refractivity contribution in [3.8, 4) is 0 Å². The molecule has 1 fully saturated rings. The molecule has 35 heavy (non-hydrogen) atoms. The van der Waals surface area contributed by atoms with Crippen LogP contribution in [0.1, 0.15) is 64.0 Å². The van der Waals surface area contributed by atoms with E-state index in [4.69, 9.17) is 0 Å². The first-order valence-corrected chi connectivity index (χ1v) is 12.8. The van der Waals surface area contributed by atoms with E-state index in [0.29, 0.717) is 23.0 Å². The predicted octanol–water partition coefficient (Wildman–Crippen LogP) is 4.07. The molecule has 0 aromatic carbocycles. The van der Waals surface area contributed by atoms with Gasteiger partial charge in [0.25, 0.3) is 5.56 Å². The number of nitrogens with one attached hydrogen (secondary N) is 2. The Bertz CT molecular complexity index is 1150. The van der Waals surface area contributed by atoms with Gasteiger partial charge in [0.2, 0.25) is 5.95 Å². The Balaban J connectivity index is 1.42. The summed E-state index contributed by atoms with van der Waals surface area (Å²) < 4.78 is 1.75. The summed E-state index contributed by atoms with van der Waals surface area (Å²) in [6.07, 6.45) is 9.87. The smallest absolute Gasteiger partial charge is 0.258 e. The van der Waals surface area contributed by atoms with Gasteiger partial charge in [-0.25, -0.2) is 9.97 Å². The van der Waals surface area contributed by atoms with Crippen LogP contribution < -0.4 is 16.2 Å². The molecule has 3 aromatic heterocycles. The van der Waals surface area contributed by atoms with Gasteiger partial charge in [-0.1, -0.05) is 26.7 Å². The zero-order valence-electron chi connectivity index (χ0n) is 20.8. The van der Waals surface area contributed by atoms with E-state index in [1.165, 1.54) is 6.42 Å². The van der Waals surface area contributed by atoms with E-state index < -0.39 is 0 Å². The van der Waals surface area contributed by atoms with E-state index in [1.54, 1.807) is 23.0 Å². The first-order valence-electron chi connectivity index (χ1n) is 12.8. The Labute approximate surface area is 206 Å². The van der Waals surface area contributed by atoms with Crippen molar-refractivity contribution in [3.63, 3.8) is 0 Å². The van der Waals surface area contributed by atoms with Crippen molar-refractivity contribution in [2.24, 2.45) is 0 Å². The fraction of sp³-hybridized carbons (Fsp3) is 0.538. The lowest BCUT2D eigenvalue weighted by molar-refractivity contribution is 0.279. The molecule has 1 aliphatic carbocycles. The number of aromatic nitrogens is 4. The Morgan fingerprint density at radius 3 is 2.60 bits per heavy atom. The predicted molar refractivity (Wildman–Crippen MR) is 140 cm³/mol. The summed E-state index contributed by atoms with van der Waals surface area (Å²) in [5.41, 5.74) is 1.79. The third-order valence-corrected chi connectivity index (χ3v) is 6.84. The van der Waals surface area contributed by atoms with Crippen LogP contribution in [-0.4, -0.2) is 55.7 Å². The molecule has 0 unspecified atom stereocenters. The summed E-state index contributed by atoms with van der Waals surface area (Å²) in [6, 6.07) is 5.68. The van der Waals surface area contributed by atoms with Crippen LogP contribution in [0.15, 0.2) is 35.4 Å². The van der Waals surface area contributed by atoms with Crippen LogP contribution in [0.25, 0.3) is 11.0 Å². The monoisotopic (exact) mass is 479 g/mol. The largest absolute Gasteiger partial charge is 0.391 e. The minimum Gasteiger partial charge on any atom is -0.391 e. The van der Waals surface area contributed by atoms with Gasteiger partial charge in [-0.2, -0.15) is 4.98 Å². The number of anilines is 3. The van der Waals surface area contributed by atoms with Gasteiger partial charge in [0.1, 0.15) is 11.5 Å². The van der Waals surface area contributed by atoms with Gasteiger partial charge in [-0.05, 0) is 63.5 Å². The number of aliphatic hydroxyl groups is 1. The van der Waals surface area contributed by atoms with Crippen molar-refractivity contribution in [2.45, 2.75) is 65.0 Å². The fourth-order valence-corrected chi connectivity index (χ4v) is 4.77. The second-order valence-corrected chi connectivity index (χ2v) is 9.13. The Kier molecular flexibility index (Phi) is 8.65. The van der Waals surface area contributed by atoms with Gasteiger partial charge >= 0.3 is 0 Å². The minimum absolute atomic E-state index is 0.106. The number of pyridine rings is 2. The first kappa shape index (κ1) is 25.1. The normalized spacial score (nSPS) is 14.2.